The fourth-order valence-corrected chi connectivity index (χ4v) is 3.20. The molecule has 0 aliphatic heterocycles. The van der Waals surface area contributed by atoms with Crippen molar-refractivity contribution in [2.24, 2.45) is 5.92 Å². The quantitative estimate of drug-likeness (QED) is 0.879. The van der Waals surface area contributed by atoms with E-state index in [-0.39, 0.29) is 0 Å². The zero-order chi connectivity index (χ0) is 13.0. The van der Waals surface area contributed by atoms with Crippen LogP contribution in [0.5, 0.6) is 5.75 Å². The standard InChI is InChI=1S/C15H22ClNO/c1-3-17-14-6-4-5-11(14)9-12-10-13(16)7-8-15(12)18-2/h7-8,10-11,14,17H,3-6,9H2,1-2H3. The summed E-state index contributed by atoms with van der Waals surface area (Å²) in [5.74, 6) is 1.67. The first kappa shape index (κ1) is 13.7. The van der Waals surface area contributed by atoms with Crippen LogP contribution in [-0.2, 0) is 6.42 Å². The molecule has 0 spiro atoms. The molecule has 18 heavy (non-hydrogen) atoms. The summed E-state index contributed by atoms with van der Waals surface area (Å²) in [7, 11) is 1.73. The molecule has 0 bridgehead atoms. The summed E-state index contributed by atoms with van der Waals surface area (Å²) >= 11 is 6.09. The molecule has 1 aliphatic carbocycles. The van der Waals surface area contributed by atoms with Gasteiger partial charge in [-0.2, -0.15) is 0 Å². The van der Waals surface area contributed by atoms with Crippen LogP contribution in [0.25, 0.3) is 0 Å². The molecular formula is C15H22ClNO. The Bertz CT molecular complexity index is 394. The minimum Gasteiger partial charge on any atom is -0.496 e. The summed E-state index contributed by atoms with van der Waals surface area (Å²) in [6, 6.07) is 6.55. The maximum atomic E-state index is 6.09. The van der Waals surface area contributed by atoms with Gasteiger partial charge < -0.3 is 10.1 Å². The fraction of sp³-hybridized carbons (Fsp3) is 0.600. The van der Waals surface area contributed by atoms with Crippen molar-refractivity contribution in [3.05, 3.63) is 28.8 Å². The Balaban J connectivity index is 2.10. The maximum absolute atomic E-state index is 6.09. The third-order valence-electron chi connectivity index (χ3n) is 3.85. The molecule has 1 N–H and O–H groups in total. The first-order valence-electron chi connectivity index (χ1n) is 6.80. The highest BCUT2D eigenvalue weighted by Gasteiger charge is 2.27. The van der Waals surface area contributed by atoms with Gasteiger partial charge in [-0.05, 0) is 55.5 Å². The van der Waals surface area contributed by atoms with Crippen molar-refractivity contribution < 1.29 is 4.74 Å². The van der Waals surface area contributed by atoms with Crippen LogP contribution >= 0.6 is 11.6 Å². The highest BCUT2D eigenvalue weighted by molar-refractivity contribution is 6.30. The molecule has 2 unspecified atom stereocenters. The average molecular weight is 268 g/mol. The molecule has 2 rings (SSSR count). The number of ether oxygens (including phenoxy) is 1. The van der Waals surface area contributed by atoms with Crippen molar-refractivity contribution in [3.8, 4) is 5.75 Å². The smallest absolute Gasteiger partial charge is 0.122 e. The molecule has 0 radical (unpaired) electrons. The first-order valence-corrected chi connectivity index (χ1v) is 7.18. The third-order valence-corrected chi connectivity index (χ3v) is 4.09. The molecule has 1 aromatic rings. The number of benzene rings is 1. The van der Waals surface area contributed by atoms with Crippen LogP contribution in [0.1, 0.15) is 31.7 Å². The van der Waals surface area contributed by atoms with Gasteiger partial charge in [0.25, 0.3) is 0 Å². The molecule has 1 fully saturated rings. The first-order chi connectivity index (χ1) is 8.74. The molecule has 1 saturated carbocycles. The monoisotopic (exact) mass is 267 g/mol. The summed E-state index contributed by atoms with van der Waals surface area (Å²) in [6.07, 6.45) is 4.97. The number of rotatable bonds is 5. The van der Waals surface area contributed by atoms with Crippen molar-refractivity contribution in [1.29, 1.82) is 0 Å². The Kier molecular flexibility index (Phi) is 4.90. The van der Waals surface area contributed by atoms with Crippen LogP contribution in [0.3, 0.4) is 0 Å². The third kappa shape index (κ3) is 3.18. The molecule has 2 nitrogen and oxygen atoms in total. The maximum Gasteiger partial charge on any atom is 0.122 e. The lowest BCUT2D eigenvalue weighted by Crippen LogP contribution is -2.33. The Hall–Kier alpha value is -0.730. The van der Waals surface area contributed by atoms with Gasteiger partial charge in [-0.1, -0.05) is 24.9 Å². The van der Waals surface area contributed by atoms with Crippen molar-refractivity contribution >= 4 is 11.6 Å². The lowest BCUT2D eigenvalue weighted by Gasteiger charge is -2.21. The molecule has 3 heteroatoms. The van der Waals surface area contributed by atoms with Gasteiger partial charge in [0, 0.05) is 11.1 Å². The Labute approximate surface area is 115 Å². The molecule has 1 aromatic carbocycles. The van der Waals surface area contributed by atoms with Gasteiger partial charge >= 0.3 is 0 Å². The van der Waals surface area contributed by atoms with Crippen LogP contribution in [0, 0.1) is 5.92 Å². The van der Waals surface area contributed by atoms with Gasteiger partial charge in [0.15, 0.2) is 0 Å². The molecule has 0 saturated heterocycles. The predicted octanol–water partition coefficient (Wildman–Crippen LogP) is 3.67. The number of halogens is 1. The summed E-state index contributed by atoms with van der Waals surface area (Å²) in [5, 5.41) is 4.39. The van der Waals surface area contributed by atoms with E-state index in [2.05, 4.69) is 12.2 Å². The zero-order valence-electron chi connectivity index (χ0n) is 11.2. The predicted molar refractivity (Wildman–Crippen MR) is 76.5 cm³/mol. The molecule has 1 aliphatic rings. The van der Waals surface area contributed by atoms with Crippen LogP contribution in [-0.4, -0.2) is 19.7 Å². The van der Waals surface area contributed by atoms with Crippen LogP contribution in [0.15, 0.2) is 18.2 Å². The molecule has 0 heterocycles. The van der Waals surface area contributed by atoms with E-state index < -0.39 is 0 Å². The highest BCUT2D eigenvalue weighted by Crippen LogP contribution is 2.32. The number of hydrogen-bond acceptors (Lipinski definition) is 2. The molecule has 100 valence electrons. The SMILES string of the molecule is CCNC1CCCC1Cc1cc(Cl)ccc1OC. The van der Waals surface area contributed by atoms with E-state index in [1.807, 2.05) is 18.2 Å². The Morgan fingerprint density at radius 3 is 2.94 bits per heavy atom. The van der Waals surface area contributed by atoms with Gasteiger partial charge in [0.05, 0.1) is 7.11 Å². The van der Waals surface area contributed by atoms with Crippen molar-refractivity contribution in [2.45, 2.75) is 38.6 Å². The molecule has 2 atom stereocenters. The van der Waals surface area contributed by atoms with Crippen molar-refractivity contribution in [2.75, 3.05) is 13.7 Å². The van der Waals surface area contributed by atoms with E-state index in [0.29, 0.717) is 12.0 Å². The van der Waals surface area contributed by atoms with Crippen molar-refractivity contribution in [1.82, 2.24) is 5.32 Å². The summed E-state index contributed by atoms with van der Waals surface area (Å²) in [6.45, 7) is 3.23. The van der Waals surface area contributed by atoms with Crippen LogP contribution in [0.4, 0.5) is 0 Å². The second-order valence-corrected chi connectivity index (χ2v) is 5.45. The molecular weight excluding hydrogens is 246 g/mol. The normalized spacial score (nSPS) is 23.3. The molecule has 0 amide bonds. The number of nitrogens with one attached hydrogen (secondary N) is 1. The van der Waals surface area contributed by atoms with Gasteiger partial charge in [-0.15, -0.1) is 0 Å². The van der Waals surface area contributed by atoms with E-state index in [4.69, 9.17) is 16.3 Å². The summed E-state index contributed by atoms with van der Waals surface area (Å²) in [4.78, 5) is 0. The second kappa shape index (κ2) is 6.44. The van der Waals surface area contributed by atoms with Gasteiger partial charge in [0.1, 0.15) is 5.75 Å². The Morgan fingerprint density at radius 2 is 2.22 bits per heavy atom. The second-order valence-electron chi connectivity index (χ2n) is 5.02. The minimum atomic E-state index is 0.652. The lowest BCUT2D eigenvalue weighted by atomic mass is 9.94. The number of methoxy groups -OCH3 is 1. The van der Waals surface area contributed by atoms with Crippen LogP contribution < -0.4 is 10.1 Å². The van der Waals surface area contributed by atoms with E-state index in [1.165, 1.54) is 24.8 Å². The van der Waals surface area contributed by atoms with Gasteiger partial charge in [-0.25, -0.2) is 0 Å². The van der Waals surface area contributed by atoms with E-state index in [0.717, 1.165) is 23.7 Å². The average Bonchev–Trinajstić information content (AvgIpc) is 2.78. The van der Waals surface area contributed by atoms with E-state index in [9.17, 15) is 0 Å². The molecule has 0 aromatic heterocycles. The fourth-order valence-electron chi connectivity index (χ4n) is 3.00. The lowest BCUT2D eigenvalue weighted by molar-refractivity contribution is 0.383. The van der Waals surface area contributed by atoms with E-state index in [1.54, 1.807) is 7.11 Å². The topological polar surface area (TPSA) is 21.3 Å². The largest absolute Gasteiger partial charge is 0.496 e. The Morgan fingerprint density at radius 1 is 1.39 bits per heavy atom. The van der Waals surface area contributed by atoms with Crippen LogP contribution in [0.2, 0.25) is 5.02 Å². The highest BCUT2D eigenvalue weighted by atomic mass is 35.5. The van der Waals surface area contributed by atoms with Gasteiger partial charge in [-0.3, -0.25) is 0 Å². The van der Waals surface area contributed by atoms with Gasteiger partial charge in [0.2, 0.25) is 0 Å². The minimum absolute atomic E-state index is 0.652. The van der Waals surface area contributed by atoms with E-state index >= 15 is 0 Å². The zero-order valence-corrected chi connectivity index (χ0v) is 12.0. The number of hydrogen-bond donors (Lipinski definition) is 1. The van der Waals surface area contributed by atoms with Crippen molar-refractivity contribution in [3.63, 3.8) is 0 Å². The summed E-state index contributed by atoms with van der Waals surface area (Å²) in [5.41, 5.74) is 1.24. The summed E-state index contributed by atoms with van der Waals surface area (Å²) < 4.78 is 5.43.